The van der Waals surface area contributed by atoms with Crippen molar-refractivity contribution >= 4 is 22.8 Å². The van der Waals surface area contributed by atoms with Crippen LogP contribution in [0.5, 0.6) is 5.75 Å². The maximum atomic E-state index is 14.9. The summed E-state index contributed by atoms with van der Waals surface area (Å²) in [6.07, 6.45) is -1.78. The Bertz CT molecular complexity index is 1400. The Balaban J connectivity index is 1.46. The van der Waals surface area contributed by atoms with Gasteiger partial charge in [0.05, 0.1) is 29.3 Å². The van der Waals surface area contributed by atoms with E-state index in [1.807, 2.05) is 0 Å². The molecule has 2 aliphatic carbocycles. The molecule has 5 rings (SSSR count). The molecule has 2 fully saturated rings. The molecule has 2 aromatic heterocycles. The predicted octanol–water partition coefficient (Wildman–Crippen LogP) is 4.87. The minimum Gasteiger partial charge on any atom is -0.493 e. The number of nitrogens with one attached hydrogen (secondary N) is 3. The summed E-state index contributed by atoms with van der Waals surface area (Å²) in [4.78, 5) is 36.2. The van der Waals surface area contributed by atoms with Crippen LogP contribution in [0.3, 0.4) is 0 Å². The molecule has 0 radical (unpaired) electrons. The first kappa shape index (κ1) is 26.9. The van der Waals surface area contributed by atoms with Crippen molar-refractivity contribution < 1.29 is 31.9 Å². The number of amides is 2. The summed E-state index contributed by atoms with van der Waals surface area (Å²) in [6.45, 7) is 3.40. The van der Waals surface area contributed by atoms with Crippen molar-refractivity contribution in [3.63, 3.8) is 0 Å². The van der Waals surface area contributed by atoms with Gasteiger partial charge in [0.1, 0.15) is 29.5 Å². The highest BCUT2D eigenvalue weighted by atomic mass is 19.4. The predicted molar refractivity (Wildman–Crippen MR) is 135 cm³/mol. The number of alkyl halides is 4. The average Bonchev–Trinajstić information content (AvgIpc) is 3.63. The summed E-state index contributed by atoms with van der Waals surface area (Å²) in [6, 6.07) is 2.20. The topological polar surface area (TPSA) is 109 Å². The van der Waals surface area contributed by atoms with E-state index in [0.29, 0.717) is 31.1 Å². The van der Waals surface area contributed by atoms with Gasteiger partial charge in [-0.2, -0.15) is 13.2 Å². The van der Waals surface area contributed by atoms with Crippen LogP contribution in [-0.4, -0.2) is 51.6 Å². The molecule has 3 N–H and O–H groups in total. The maximum absolute atomic E-state index is 14.9. The van der Waals surface area contributed by atoms with E-state index in [0.717, 1.165) is 25.0 Å². The highest BCUT2D eigenvalue weighted by Gasteiger charge is 2.34. The van der Waals surface area contributed by atoms with Gasteiger partial charge < -0.3 is 20.4 Å². The molecule has 2 heterocycles. The number of aromatic nitrogens is 3. The fraction of sp³-hybridized carbons (Fsp3) is 0.481. The zero-order valence-corrected chi connectivity index (χ0v) is 21.5. The molecule has 208 valence electrons. The van der Waals surface area contributed by atoms with Gasteiger partial charge in [-0.05, 0) is 56.7 Å². The third-order valence-corrected chi connectivity index (χ3v) is 7.23. The first-order chi connectivity index (χ1) is 18.5. The number of hydrogen-bond acceptors (Lipinski definition) is 5. The molecule has 8 nitrogen and oxygen atoms in total. The number of H-pyrrole nitrogens is 1. The third kappa shape index (κ3) is 5.84. The largest absolute Gasteiger partial charge is 0.493 e. The number of nitrogens with zero attached hydrogens (tertiary/aromatic N) is 2. The molecule has 3 atom stereocenters. The van der Waals surface area contributed by atoms with Gasteiger partial charge in [0.25, 0.3) is 5.91 Å². The number of halogens is 4. The molecule has 0 spiro atoms. The van der Waals surface area contributed by atoms with Crippen LogP contribution in [0.15, 0.2) is 24.5 Å². The molecule has 0 unspecified atom stereocenters. The number of carbonyl (C=O) groups is 2. The van der Waals surface area contributed by atoms with Crippen molar-refractivity contribution in [3.8, 4) is 17.0 Å². The summed E-state index contributed by atoms with van der Waals surface area (Å²) in [5.41, 5.74) is 0.513. The van der Waals surface area contributed by atoms with E-state index in [-0.39, 0.29) is 52.0 Å². The zero-order chi connectivity index (χ0) is 27.9. The molecule has 39 heavy (non-hydrogen) atoms. The average molecular weight is 548 g/mol. The van der Waals surface area contributed by atoms with Crippen LogP contribution in [0.25, 0.3) is 22.3 Å². The third-order valence-electron chi connectivity index (χ3n) is 7.23. The lowest BCUT2D eigenvalue weighted by Gasteiger charge is -2.32. The Kier molecular flexibility index (Phi) is 7.21. The minimum absolute atomic E-state index is 0.0862. The van der Waals surface area contributed by atoms with Gasteiger partial charge >= 0.3 is 6.18 Å². The summed E-state index contributed by atoms with van der Waals surface area (Å²) in [5, 5.41) is 5.45. The summed E-state index contributed by atoms with van der Waals surface area (Å²) in [5.74, 6) is -0.157. The molecule has 3 aromatic rings. The number of fused-ring (bicyclic) bond motifs is 1. The highest BCUT2D eigenvalue weighted by Crippen LogP contribution is 2.40. The Hall–Kier alpha value is -3.70. The molecule has 0 bridgehead atoms. The molecule has 2 saturated carbocycles. The number of hydrogen-bond donors (Lipinski definition) is 3. The lowest BCUT2D eigenvalue weighted by atomic mass is 9.89. The fourth-order valence-corrected chi connectivity index (χ4v) is 5.05. The minimum atomic E-state index is -4.57. The van der Waals surface area contributed by atoms with E-state index in [2.05, 4.69) is 25.6 Å². The molecule has 2 amide bonds. The van der Waals surface area contributed by atoms with Crippen molar-refractivity contribution in [2.24, 2.45) is 5.92 Å². The van der Waals surface area contributed by atoms with Crippen LogP contribution in [-0.2, 0) is 11.0 Å². The normalized spacial score (nSPS) is 21.5. The zero-order valence-electron chi connectivity index (χ0n) is 21.5. The second-order valence-electron chi connectivity index (χ2n) is 10.3. The molecule has 0 aliphatic heterocycles. The molecular weight excluding hydrogens is 518 g/mol. The standard InChI is InChI=1S/C27H29F4N5O3/c1-13-22(26(38)36-20-7-6-17(10-19(20)28)35-14(2)37)24-25(34-13)23(32-12-33-24)18-9-16(27(29,30)31)5-8-21(18)39-11-15-3-4-15/h5,8-9,12,15,17,19-20,34H,3-4,6-7,10-11H2,1-2H3,(H,35,37)(H,36,38)/t17-,19+,20+/m0/s1. The van der Waals surface area contributed by atoms with Crippen molar-refractivity contribution in [3.05, 3.63) is 41.3 Å². The van der Waals surface area contributed by atoms with E-state index in [1.54, 1.807) is 6.92 Å². The number of rotatable bonds is 7. The Morgan fingerprint density at radius 3 is 2.56 bits per heavy atom. The van der Waals surface area contributed by atoms with Gasteiger partial charge in [-0.25, -0.2) is 14.4 Å². The highest BCUT2D eigenvalue weighted by molar-refractivity contribution is 6.09. The van der Waals surface area contributed by atoms with E-state index in [9.17, 15) is 27.2 Å². The Morgan fingerprint density at radius 2 is 1.90 bits per heavy atom. The van der Waals surface area contributed by atoms with Crippen molar-refractivity contribution in [2.45, 2.75) is 70.4 Å². The second kappa shape index (κ2) is 10.5. The maximum Gasteiger partial charge on any atom is 0.416 e. The first-order valence-electron chi connectivity index (χ1n) is 12.9. The number of aromatic amines is 1. The molecular formula is C27H29F4N5O3. The van der Waals surface area contributed by atoms with Crippen LogP contribution < -0.4 is 15.4 Å². The van der Waals surface area contributed by atoms with Gasteiger partial charge in [0.2, 0.25) is 5.91 Å². The number of carbonyl (C=O) groups excluding carboxylic acids is 2. The lowest BCUT2D eigenvalue weighted by molar-refractivity contribution is -0.137. The van der Waals surface area contributed by atoms with Crippen LogP contribution >= 0.6 is 0 Å². The van der Waals surface area contributed by atoms with Crippen LogP contribution in [0.2, 0.25) is 0 Å². The Labute approximate surface area is 221 Å². The number of benzene rings is 1. The van der Waals surface area contributed by atoms with Gasteiger partial charge in [-0.3, -0.25) is 9.59 Å². The quantitative estimate of drug-likeness (QED) is 0.366. The molecule has 2 aliphatic rings. The van der Waals surface area contributed by atoms with E-state index < -0.39 is 29.9 Å². The van der Waals surface area contributed by atoms with Crippen molar-refractivity contribution in [1.29, 1.82) is 0 Å². The number of ether oxygens (including phenoxy) is 1. The van der Waals surface area contributed by atoms with E-state index in [1.165, 1.54) is 19.3 Å². The van der Waals surface area contributed by atoms with E-state index >= 15 is 0 Å². The van der Waals surface area contributed by atoms with Crippen LogP contribution in [0, 0.1) is 12.8 Å². The smallest absolute Gasteiger partial charge is 0.416 e. The first-order valence-corrected chi connectivity index (χ1v) is 12.9. The molecule has 0 saturated heterocycles. The van der Waals surface area contributed by atoms with Gasteiger partial charge in [-0.15, -0.1) is 0 Å². The van der Waals surface area contributed by atoms with Gasteiger partial charge in [0.15, 0.2) is 0 Å². The summed E-state index contributed by atoms with van der Waals surface area (Å²) >= 11 is 0. The second-order valence-corrected chi connectivity index (χ2v) is 10.3. The fourth-order valence-electron chi connectivity index (χ4n) is 5.05. The Morgan fingerprint density at radius 1 is 1.13 bits per heavy atom. The van der Waals surface area contributed by atoms with Crippen LogP contribution in [0.1, 0.15) is 60.6 Å². The summed E-state index contributed by atoms with van der Waals surface area (Å²) < 4.78 is 61.5. The molecule has 1 aromatic carbocycles. The molecule has 12 heteroatoms. The van der Waals surface area contributed by atoms with Crippen molar-refractivity contribution in [2.75, 3.05) is 6.61 Å². The lowest BCUT2D eigenvalue weighted by Crippen LogP contribution is -2.49. The monoisotopic (exact) mass is 547 g/mol. The van der Waals surface area contributed by atoms with Gasteiger partial charge in [0, 0.05) is 30.6 Å². The van der Waals surface area contributed by atoms with Gasteiger partial charge in [-0.1, -0.05) is 0 Å². The van der Waals surface area contributed by atoms with Crippen molar-refractivity contribution in [1.82, 2.24) is 25.6 Å². The van der Waals surface area contributed by atoms with E-state index in [4.69, 9.17) is 4.74 Å². The van der Waals surface area contributed by atoms with Crippen LogP contribution in [0.4, 0.5) is 17.6 Å². The number of aryl methyl sites for hydroxylation is 1. The summed E-state index contributed by atoms with van der Waals surface area (Å²) in [7, 11) is 0. The SMILES string of the molecule is CC(=O)N[C@H]1CC[C@@H](NC(=O)c2c(C)[nH]c3c(-c4cc(C(F)(F)F)ccc4OCC4CC4)ncnc23)[C@H](F)C1.